The molecule has 1 N–H and O–H groups in total. The molecule has 1 aliphatic heterocycles. The zero-order valence-electron chi connectivity index (χ0n) is 25.5. The summed E-state index contributed by atoms with van der Waals surface area (Å²) in [6.45, 7) is 6.05. The number of amides is 1. The third-order valence-electron chi connectivity index (χ3n) is 9.66. The van der Waals surface area contributed by atoms with Gasteiger partial charge in [0.25, 0.3) is 0 Å². The third kappa shape index (κ3) is 7.61. The molecule has 1 heterocycles. The van der Waals surface area contributed by atoms with Crippen LogP contribution < -0.4 is 44.5 Å². The summed E-state index contributed by atoms with van der Waals surface area (Å²) < 4.78 is 34.1. The van der Waals surface area contributed by atoms with Crippen LogP contribution in [0.15, 0.2) is 36.4 Å². The minimum atomic E-state index is -2.20. The van der Waals surface area contributed by atoms with E-state index in [0.717, 1.165) is 61.7 Å². The van der Waals surface area contributed by atoms with E-state index in [1.807, 2.05) is 18.2 Å². The Labute approximate surface area is 284 Å². The Bertz CT molecular complexity index is 1360. The maximum absolute atomic E-state index is 12.6. The first-order valence-corrected chi connectivity index (χ1v) is 16.4. The summed E-state index contributed by atoms with van der Waals surface area (Å²) in [6, 6.07) is 11.7. The number of nitrogens with one attached hydrogen (secondary N) is 1. The van der Waals surface area contributed by atoms with E-state index in [2.05, 4.69) is 22.3 Å². The van der Waals surface area contributed by atoms with Crippen LogP contribution in [-0.4, -0.2) is 59.2 Å². The third-order valence-corrected chi connectivity index (χ3v) is 11.0. The normalized spacial score (nSPS) is 24.5. The number of methoxy groups -OCH3 is 1. The zero-order chi connectivity index (χ0) is 30.0. The smallest absolute Gasteiger partial charge is 0.772 e. The first-order chi connectivity index (χ1) is 20.1. The summed E-state index contributed by atoms with van der Waals surface area (Å²) in [5.74, 6) is 0.682. The van der Waals surface area contributed by atoms with Gasteiger partial charge in [0.2, 0.25) is 5.91 Å². The quantitative estimate of drug-likeness (QED) is 0.255. The summed E-state index contributed by atoms with van der Waals surface area (Å²) in [5.41, 5.74) is 3.70. The summed E-state index contributed by atoms with van der Waals surface area (Å²) in [4.78, 5) is 27.5. The number of rotatable bonds is 9. The molecule has 2 aromatic carbocycles. The van der Waals surface area contributed by atoms with Crippen molar-refractivity contribution in [1.29, 1.82) is 0 Å². The van der Waals surface area contributed by atoms with Crippen LogP contribution in [0.25, 0.3) is 0 Å². The molecule has 228 valence electrons. The number of anilines is 1. The molecular weight excluding hydrogens is 599 g/mol. The number of aryl methyl sites for hydroxylation is 1. The fraction of sp³-hybridized carbons (Fsp3) is 0.562. The number of hydrogen-bond acceptors (Lipinski definition) is 7. The Morgan fingerprint density at radius 2 is 1.98 bits per heavy atom. The van der Waals surface area contributed by atoms with Crippen LogP contribution in [-0.2, 0) is 32.4 Å². The minimum absolute atomic E-state index is 0. The Balaban J connectivity index is 0.00000423. The summed E-state index contributed by atoms with van der Waals surface area (Å²) in [5, 5.41) is 3.23. The fourth-order valence-corrected chi connectivity index (χ4v) is 7.42. The number of fused-ring (bicyclic) bond motifs is 3. The molecule has 43 heavy (non-hydrogen) atoms. The number of halogens is 1. The fourth-order valence-electron chi connectivity index (χ4n) is 6.75. The SMILES string of the molecule is COC(=O)c1ccc2c(c1)N(C[C@@H]1CC[C@H]1CNC(=O)C[C@H](C)[C@H](C)S(=O)[O-])C[C@@]1(CCCc3cc(Cl)ccc31)CO2.[Na+]. The molecule has 6 atom stereocenters. The second kappa shape index (κ2) is 14.6. The van der Waals surface area contributed by atoms with E-state index in [0.29, 0.717) is 30.6 Å². The van der Waals surface area contributed by atoms with E-state index in [-0.39, 0.29) is 59.2 Å². The van der Waals surface area contributed by atoms with Crippen molar-refractivity contribution >= 4 is 40.2 Å². The largest absolute Gasteiger partial charge is 1.00 e. The van der Waals surface area contributed by atoms with Crippen LogP contribution in [0.3, 0.4) is 0 Å². The van der Waals surface area contributed by atoms with Crippen LogP contribution in [0.1, 0.15) is 67.4 Å². The standard InChI is InChI=1S/C32H41ClN2O6S.Na/c1-20(21(2)42(38)39)13-30(36)34-16-24-6-7-25(24)17-35-18-32(12-4-5-22-14-26(33)9-10-27(22)32)19-41-29-11-8-23(15-28(29)35)31(37)40-3;/h8-11,14-15,20-21,24-25H,4-7,12-13,16-19H2,1-3H3,(H,34,36)(H,38,39);/q;+1/p-1/t20-,21-,24-,25-,32-;/m0./s1. The number of esters is 1. The second-order valence-corrected chi connectivity index (χ2v) is 14.0. The first kappa shape index (κ1) is 34.3. The molecule has 0 saturated heterocycles. The Hall–Kier alpha value is -1.62. The molecule has 8 nitrogen and oxygen atoms in total. The molecule has 2 aromatic rings. The second-order valence-electron chi connectivity index (χ2n) is 12.3. The molecule has 3 aliphatic rings. The maximum Gasteiger partial charge on any atom is 1.00 e. The van der Waals surface area contributed by atoms with Gasteiger partial charge in [0.15, 0.2) is 0 Å². The van der Waals surface area contributed by atoms with Gasteiger partial charge < -0.3 is 24.2 Å². The Kier molecular flexibility index (Phi) is 11.7. The molecule has 1 amide bonds. The van der Waals surface area contributed by atoms with Crippen molar-refractivity contribution < 1.29 is 57.4 Å². The van der Waals surface area contributed by atoms with Gasteiger partial charge in [-0.15, -0.1) is 0 Å². The Morgan fingerprint density at radius 3 is 2.67 bits per heavy atom. The predicted molar refractivity (Wildman–Crippen MR) is 163 cm³/mol. The molecular formula is C32H40ClN2NaO6S. The van der Waals surface area contributed by atoms with Gasteiger partial charge in [-0.3, -0.25) is 9.00 Å². The molecule has 1 fully saturated rings. The van der Waals surface area contributed by atoms with Crippen LogP contribution in [0, 0.1) is 17.8 Å². The van der Waals surface area contributed by atoms with Gasteiger partial charge in [-0.25, -0.2) is 4.79 Å². The van der Waals surface area contributed by atoms with E-state index in [1.54, 1.807) is 19.9 Å². The average Bonchev–Trinajstić information content (AvgIpc) is 3.11. The number of nitrogens with zero attached hydrogens (tertiary/aromatic N) is 1. The van der Waals surface area contributed by atoms with Crippen molar-refractivity contribution in [1.82, 2.24) is 5.32 Å². The molecule has 0 radical (unpaired) electrons. The summed E-state index contributed by atoms with van der Waals surface area (Å²) >= 11 is 4.18. The van der Waals surface area contributed by atoms with E-state index in [9.17, 15) is 18.4 Å². The predicted octanol–water partition coefficient (Wildman–Crippen LogP) is 2.04. The maximum atomic E-state index is 12.6. The van der Waals surface area contributed by atoms with Crippen molar-refractivity contribution in [3.8, 4) is 5.75 Å². The molecule has 1 saturated carbocycles. The number of hydrogen-bond donors (Lipinski definition) is 1. The number of benzene rings is 2. The molecule has 5 rings (SSSR count). The molecule has 0 aromatic heterocycles. The van der Waals surface area contributed by atoms with Crippen LogP contribution >= 0.6 is 11.6 Å². The molecule has 0 bridgehead atoms. The van der Waals surface area contributed by atoms with Gasteiger partial charge in [0.1, 0.15) is 5.75 Å². The molecule has 1 unspecified atom stereocenters. The van der Waals surface area contributed by atoms with Crippen molar-refractivity contribution in [3.05, 3.63) is 58.1 Å². The van der Waals surface area contributed by atoms with Crippen LogP contribution in [0.4, 0.5) is 5.69 Å². The van der Waals surface area contributed by atoms with E-state index < -0.39 is 16.3 Å². The monoisotopic (exact) mass is 638 g/mol. The van der Waals surface area contributed by atoms with Gasteiger partial charge >= 0.3 is 35.5 Å². The zero-order valence-corrected chi connectivity index (χ0v) is 29.1. The van der Waals surface area contributed by atoms with Crippen LogP contribution in [0.5, 0.6) is 5.75 Å². The summed E-state index contributed by atoms with van der Waals surface area (Å²) in [6.07, 6.45) is 5.28. The number of ether oxygens (including phenoxy) is 2. The van der Waals surface area contributed by atoms with Crippen molar-refractivity contribution in [2.45, 2.75) is 63.0 Å². The molecule has 2 aliphatic carbocycles. The minimum Gasteiger partial charge on any atom is -0.772 e. The van der Waals surface area contributed by atoms with Gasteiger partial charge in [-0.2, -0.15) is 0 Å². The summed E-state index contributed by atoms with van der Waals surface area (Å²) in [7, 11) is 1.39. The topological polar surface area (TPSA) is 108 Å². The molecule has 11 heteroatoms. The number of carbonyl (C=O) groups excluding carboxylic acids is 2. The van der Waals surface area contributed by atoms with Gasteiger partial charge in [0, 0.05) is 41.7 Å². The number of carbonyl (C=O) groups is 2. The van der Waals surface area contributed by atoms with E-state index >= 15 is 0 Å². The Morgan fingerprint density at radius 1 is 1.21 bits per heavy atom. The first-order valence-electron chi connectivity index (χ1n) is 14.8. The van der Waals surface area contributed by atoms with Gasteiger partial charge in [0.05, 0.1) is 25.0 Å². The average molecular weight is 639 g/mol. The van der Waals surface area contributed by atoms with Crippen molar-refractivity contribution in [2.75, 3.05) is 38.3 Å². The van der Waals surface area contributed by atoms with Crippen LogP contribution in [0.2, 0.25) is 5.02 Å². The van der Waals surface area contributed by atoms with Crippen molar-refractivity contribution in [2.24, 2.45) is 17.8 Å². The van der Waals surface area contributed by atoms with Gasteiger partial charge in [-0.1, -0.05) is 42.6 Å². The van der Waals surface area contributed by atoms with Gasteiger partial charge in [-0.05, 0) is 91.3 Å². The molecule has 1 spiro atoms. The van der Waals surface area contributed by atoms with E-state index in [4.69, 9.17) is 21.1 Å². The van der Waals surface area contributed by atoms with Crippen molar-refractivity contribution in [3.63, 3.8) is 0 Å². The van der Waals surface area contributed by atoms with E-state index in [1.165, 1.54) is 18.2 Å².